The van der Waals surface area contributed by atoms with Gasteiger partial charge < -0.3 is 9.47 Å². The van der Waals surface area contributed by atoms with E-state index in [1.165, 1.54) is 11.8 Å². The number of aromatic nitrogens is 1. The number of ether oxygens (including phenoxy) is 2. The summed E-state index contributed by atoms with van der Waals surface area (Å²) in [6, 6.07) is 13.5. The highest BCUT2D eigenvalue weighted by atomic mass is 32.2. The zero-order valence-electron chi connectivity index (χ0n) is 16.9. The van der Waals surface area contributed by atoms with Crippen LogP contribution in [-0.4, -0.2) is 37.1 Å². The number of carbonyl (C=O) groups excluding carboxylic acids is 1. The first-order valence-electron chi connectivity index (χ1n) is 9.05. The Balaban J connectivity index is 1.64. The molecule has 1 amide bonds. The number of thioether (sulfide) groups is 1. The standard InChI is InChI=1S/C22H23N3O3S/c1-14-5-8-19-18(9-14)21(10-15(2)24-19)29-13-22(26)25-23-12-16-6-7-17(27-3)11-20(16)28-4/h5-12H,13H2,1-4H3,(H,25,26)/b23-12-. The average molecular weight is 410 g/mol. The van der Waals surface area contributed by atoms with Crippen LogP contribution in [0.2, 0.25) is 0 Å². The molecule has 0 aliphatic carbocycles. The van der Waals surface area contributed by atoms with Crippen LogP contribution in [0.3, 0.4) is 0 Å². The molecule has 6 nitrogen and oxygen atoms in total. The van der Waals surface area contributed by atoms with Crippen LogP contribution in [0.1, 0.15) is 16.8 Å². The molecule has 0 aliphatic heterocycles. The van der Waals surface area contributed by atoms with E-state index in [1.807, 2.05) is 38.1 Å². The highest BCUT2D eigenvalue weighted by molar-refractivity contribution is 8.00. The fraction of sp³-hybridized carbons (Fsp3) is 0.227. The number of methoxy groups -OCH3 is 2. The minimum Gasteiger partial charge on any atom is -0.497 e. The Morgan fingerprint density at radius 3 is 2.72 bits per heavy atom. The smallest absolute Gasteiger partial charge is 0.250 e. The van der Waals surface area contributed by atoms with Gasteiger partial charge in [-0.3, -0.25) is 9.78 Å². The number of amides is 1. The van der Waals surface area contributed by atoms with E-state index in [9.17, 15) is 4.79 Å². The maximum atomic E-state index is 12.2. The molecule has 0 bridgehead atoms. The molecule has 0 unspecified atom stereocenters. The van der Waals surface area contributed by atoms with Crippen molar-refractivity contribution in [3.8, 4) is 11.5 Å². The minimum absolute atomic E-state index is 0.186. The normalized spacial score (nSPS) is 11.0. The minimum atomic E-state index is -0.186. The summed E-state index contributed by atoms with van der Waals surface area (Å²) in [7, 11) is 3.17. The predicted molar refractivity (Wildman–Crippen MR) is 117 cm³/mol. The third-order valence-corrected chi connectivity index (χ3v) is 5.30. The number of fused-ring (bicyclic) bond motifs is 1. The summed E-state index contributed by atoms with van der Waals surface area (Å²) in [4.78, 5) is 17.8. The molecule has 150 valence electrons. The van der Waals surface area contributed by atoms with E-state index in [1.54, 1.807) is 32.6 Å². The molecule has 3 rings (SSSR count). The van der Waals surface area contributed by atoms with Gasteiger partial charge in [-0.2, -0.15) is 5.10 Å². The second-order valence-electron chi connectivity index (χ2n) is 6.47. The van der Waals surface area contributed by atoms with Gasteiger partial charge in [0, 0.05) is 27.6 Å². The first-order chi connectivity index (χ1) is 14.0. The van der Waals surface area contributed by atoms with Gasteiger partial charge in [-0.15, -0.1) is 11.8 Å². The summed E-state index contributed by atoms with van der Waals surface area (Å²) in [6.45, 7) is 4.00. The van der Waals surface area contributed by atoms with Crippen LogP contribution in [0.15, 0.2) is 52.5 Å². The van der Waals surface area contributed by atoms with Gasteiger partial charge in [0.1, 0.15) is 11.5 Å². The molecule has 0 saturated carbocycles. The van der Waals surface area contributed by atoms with Gasteiger partial charge in [-0.25, -0.2) is 5.43 Å². The van der Waals surface area contributed by atoms with Crippen molar-refractivity contribution in [1.29, 1.82) is 0 Å². The van der Waals surface area contributed by atoms with Crippen molar-refractivity contribution in [2.24, 2.45) is 5.10 Å². The van der Waals surface area contributed by atoms with Gasteiger partial charge in [0.05, 0.1) is 31.7 Å². The Morgan fingerprint density at radius 1 is 1.14 bits per heavy atom. The number of aryl methyl sites for hydroxylation is 2. The molecule has 1 heterocycles. The van der Waals surface area contributed by atoms with Crippen molar-refractivity contribution in [2.45, 2.75) is 18.7 Å². The van der Waals surface area contributed by atoms with Crippen molar-refractivity contribution in [3.05, 3.63) is 59.3 Å². The summed E-state index contributed by atoms with van der Waals surface area (Å²) in [5.41, 5.74) is 6.32. The van der Waals surface area contributed by atoms with Crippen LogP contribution in [-0.2, 0) is 4.79 Å². The second-order valence-corrected chi connectivity index (χ2v) is 7.49. The van der Waals surface area contributed by atoms with E-state index in [0.717, 1.165) is 32.6 Å². The third kappa shape index (κ3) is 5.26. The molecule has 2 aromatic carbocycles. The molecule has 29 heavy (non-hydrogen) atoms. The first kappa shape index (κ1) is 20.7. The average Bonchev–Trinajstić information content (AvgIpc) is 2.72. The summed E-state index contributed by atoms with van der Waals surface area (Å²) >= 11 is 1.47. The molecule has 0 spiro atoms. The van der Waals surface area contributed by atoms with E-state index in [0.29, 0.717) is 11.5 Å². The molecule has 0 saturated heterocycles. The van der Waals surface area contributed by atoms with Crippen molar-refractivity contribution >= 4 is 34.8 Å². The molecule has 1 aromatic heterocycles. The Morgan fingerprint density at radius 2 is 1.97 bits per heavy atom. The van der Waals surface area contributed by atoms with E-state index >= 15 is 0 Å². The maximum Gasteiger partial charge on any atom is 0.250 e. The third-order valence-electron chi connectivity index (χ3n) is 4.25. The number of benzene rings is 2. The molecule has 0 fully saturated rings. The molecule has 3 aromatic rings. The number of pyridine rings is 1. The van der Waals surface area contributed by atoms with Crippen LogP contribution in [0.25, 0.3) is 10.9 Å². The van der Waals surface area contributed by atoms with Crippen molar-refractivity contribution in [2.75, 3.05) is 20.0 Å². The molecule has 0 atom stereocenters. The Kier molecular flexibility index (Phi) is 6.72. The van der Waals surface area contributed by atoms with Crippen molar-refractivity contribution < 1.29 is 14.3 Å². The van der Waals surface area contributed by atoms with Gasteiger partial charge in [0.15, 0.2) is 0 Å². The fourth-order valence-corrected chi connectivity index (χ4v) is 3.75. The van der Waals surface area contributed by atoms with Crippen LogP contribution in [0, 0.1) is 13.8 Å². The fourth-order valence-electron chi connectivity index (χ4n) is 2.83. The monoisotopic (exact) mass is 409 g/mol. The number of nitrogens with one attached hydrogen (secondary N) is 1. The number of rotatable bonds is 7. The van der Waals surface area contributed by atoms with Crippen LogP contribution >= 0.6 is 11.8 Å². The number of carbonyl (C=O) groups is 1. The van der Waals surface area contributed by atoms with Gasteiger partial charge >= 0.3 is 0 Å². The first-order valence-corrected chi connectivity index (χ1v) is 10.0. The quantitative estimate of drug-likeness (QED) is 0.361. The molecule has 0 aliphatic rings. The largest absolute Gasteiger partial charge is 0.497 e. The molecular weight excluding hydrogens is 386 g/mol. The Hall–Kier alpha value is -3.06. The highest BCUT2D eigenvalue weighted by Gasteiger charge is 2.08. The molecule has 7 heteroatoms. The summed E-state index contributed by atoms with van der Waals surface area (Å²) < 4.78 is 10.5. The predicted octanol–water partition coefficient (Wildman–Crippen LogP) is 4.11. The van der Waals surface area contributed by atoms with E-state index in [2.05, 4.69) is 21.6 Å². The number of hydrazone groups is 1. The Bertz CT molecular complexity index is 1070. The zero-order valence-corrected chi connectivity index (χ0v) is 17.7. The van der Waals surface area contributed by atoms with Gasteiger partial charge in [0.25, 0.3) is 0 Å². The van der Waals surface area contributed by atoms with E-state index < -0.39 is 0 Å². The van der Waals surface area contributed by atoms with E-state index in [-0.39, 0.29) is 11.7 Å². The number of nitrogens with zero attached hydrogens (tertiary/aromatic N) is 2. The summed E-state index contributed by atoms with van der Waals surface area (Å²) in [5.74, 6) is 1.37. The maximum absolute atomic E-state index is 12.2. The highest BCUT2D eigenvalue weighted by Crippen LogP contribution is 2.28. The summed E-state index contributed by atoms with van der Waals surface area (Å²) in [5, 5.41) is 5.10. The number of hydrogen-bond acceptors (Lipinski definition) is 6. The lowest BCUT2D eigenvalue weighted by atomic mass is 10.1. The van der Waals surface area contributed by atoms with Gasteiger partial charge in [-0.05, 0) is 44.2 Å². The van der Waals surface area contributed by atoms with Crippen molar-refractivity contribution in [3.63, 3.8) is 0 Å². The van der Waals surface area contributed by atoms with Gasteiger partial charge in [0.2, 0.25) is 5.91 Å². The number of hydrogen-bond donors (Lipinski definition) is 1. The lowest BCUT2D eigenvalue weighted by Crippen LogP contribution is -2.19. The van der Waals surface area contributed by atoms with Gasteiger partial charge in [-0.1, -0.05) is 11.6 Å². The lowest BCUT2D eigenvalue weighted by molar-refractivity contribution is -0.118. The molecular formula is C22H23N3O3S. The molecule has 0 radical (unpaired) electrons. The van der Waals surface area contributed by atoms with Crippen LogP contribution in [0.4, 0.5) is 0 Å². The SMILES string of the molecule is COc1ccc(/C=N\NC(=O)CSc2cc(C)nc3ccc(C)cc23)c(OC)c1. The molecule has 1 N–H and O–H groups in total. The van der Waals surface area contributed by atoms with E-state index in [4.69, 9.17) is 9.47 Å². The zero-order chi connectivity index (χ0) is 20.8. The van der Waals surface area contributed by atoms with Crippen LogP contribution in [0.5, 0.6) is 11.5 Å². The summed E-state index contributed by atoms with van der Waals surface area (Å²) in [6.07, 6.45) is 1.55. The van der Waals surface area contributed by atoms with Crippen molar-refractivity contribution in [1.82, 2.24) is 10.4 Å². The lowest BCUT2D eigenvalue weighted by Gasteiger charge is -2.08. The topological polar surface area (TPSA) is 72.8 Å². The second kappa shape index (κ2) is 9.43. The van der Waals surface area contributed by atoms with Crippen LogP contribution < -0.4 is 14.9 Å². The Labute approximate surface area is 174 Å².